The molecular formula is C32H46N4O2. The first kappa shape index (κ1) is 25.1. The molecule has 2 saturated carbocycles. The molecule has 206 valence electrons. The van der Waals surface area contributed by atoms with Crippen LogP contribution in [0.4, 0.5) is 0 Å². The van der Waals surface area contributed by atoms with E-state index in [2.05, 4.69) is 38.6 Å². The summed E-state index contributed by atoms with van der Waals surface area (Å²) in [4.78, 5) is 22.2. The molecule has 1 aromatic carbocycles. The number of aliphatic carboxylic acids is 1. The minimum atomic E-state index is -0.726. The Morgan fingerprint density at radius 1 is 0.789 bits per heavy atom. The van der Waals surface area contributed by atoms with E-state index in [0.29, 0.717) is 18.1 Å². The van der Waals surface area contributed by atoms with Gasteiger partial charge in [0.1, 0.15) is 5.82 Å². The molecule has 2 aromatic rings. The van der Waals surface area contributed by atoms with Gasteiger partial charge >= 0.3 is 5.97 Å². The molecule has 1 N–H and O–H groups in total. The molecule has 4 heterocycles. The summed E-state index contributed by atoms with van der Waals surface area (Å²) in [7, 11) is 0. The van der Waals surface area contributed by atoms with Crippen LogP contribution in [-0.2, 0) is 4.79 Å². The van der Waals surface area contributed by atoms with Crippen LogP contribution in [-0.4, -0.2) is 61.6 Å². The van der Waals surface area contributed by atoms with E-state index in [1.807, 2.05) is 0 Å². The molecule has 2 unspecified atom stereocenters. The van der Waals surface area contributed by atoms with E-state index >= 15 is 0 Å². The van der Waals surface area contributed by atoms with Crippen LogP contribution in [0.25, 0.3) is 11.0 Å². The quantitative estimate of drug-likeness (QED) is 0.485. The number of para-hydroxylation sites is 2. The fourth-order valence-corrected chi connectivity index (χ4v) is 9.63. The first-order chi connectivity index (χ1) is 18.6. The molecule has 4 bridgehead atoms. The fourth-order valence-electron chi connectivity index (χ4n) is 9.63. The summed E-state index contributed by atoms with van der Waals surface area (Å²) in [5.74, 6) is 2.34. The van der Waals surface area contributed by atoms with Crippen molar-refractivity contribution >= 4 is 17.0 Å². The topological polar surface area (TPSA) is 61.6 Å². The molecule has 7 rings (SSSR count). The number of likely N-dealkylation sites (tertiary alicyclic amines) is 1. The van der Waals surface area contributed by atoms with Gasteiger partial charge in [0, 0.05) is 24.2 Å². The first-order valence-electron chi connectivity index (χ1n) is 15.8. The van der Waals surface area contributed by atoms with Crippen LogP contribution < -0.4 is 0 Å². The Labute approximate surface area is 227 Å². The summed E-state index contributed by atoms with van der Waals surface area (Å²) in [6, 6.07) is 11.4. The number of hydrogen-bond donors (Lipinski definition) is 1. The standard InChI is InChI=1S/C32H46N4O2/c37-31(38)21-34-15-6-5-14-30(34)32-33-28-12-3-4-13-29(28)36(32)27-19-24-10-7-11-25(20-27)35(24)26-17-22-8-1-2-9-23(16-22)18-26/h3-4,12-13,22-27,30H,1-2,5-11,14-21H2,(H,37,38)/t22-,23+,24-,25+,26?,27?,30-/m0/s1. The fraction of sp³-hybridized carbons (Fsp3) is 0.750. The molecular weight excluding hydrogens is 472 g/mol. The zero-order valence-electron chi connectivity index (χ0n) is 23.0. The smallest absolute Gasteiger partial charge is 0.317 e. The number of carboxylic acid groups (broad SMARTS) is 1. The van der Waals surface area contributed by atoms with E-state index in [0.717, 1.165) is 55.0 Å². The van der Waals surface area contributed by atoms with Gasteiger partial charge in [-0.2, -0.15) is 0 Å². The highest BCUT2D eigenvalue weighted by atomic mass is 16.4. The van der Waals surface area contributed by atoms with Crippen LogP contribution in [0.1, 0.15) is 114 Å². The number of benzene rings is 1. The number of rotatable bonds is 5. The molecule has 7 atom stereocenters. The molecule has 38 heavy (non-hydrogen) atoms. The Kier molecular flexibility index (Phi) is 6.98. The van der Waals surface area contributed by atoms with E-state index in [9.17, 15) is 9.90 Å². The number of carbonyl (C=O) groups is 1. The molecule has 3 aliphatic heterocycles. The SMILES string of the molecule is O=C(O)CN1CCCC[C@H]1c1nc2ccccc2n1C1C[C@H]2CCC[C@@H](C1)N2C1C[C@H]2CCCC[C@@H](C1)C2. The van der Waals surface area contributed by atoms with Gasteiger partial charge in [-0.15, -0.1) is 0 Å². The second-order valence-corrected chi connectivity index (χ2v) is 13.4. The van der Waals surface area contributed by atoms with Crippen molar-refractivity contribution in [2.75, 3.05) is 13.1 Å². The molecule has 0 amide bonds. The van der Waals surface area contributed by atoms with Crippen molar-refractivity contribution in [1.82, 2.24) is 19.4 Å². The van der Waals surface area contributed by atoms with Crippen molar-refractivity contribution in [2.24, 2.45) is 11.8 Å². The van der Waals surface area contributed by atoms with Crippen LogP contribution in [0, 0.1) is 11.8 Å². The van der Waals surface area contributed by atoms with Gasteiger partial charge in [0.05, 0.1) is 23.6 Å². The molecule has 5 fully saturated rings. The molecule has 5 aliphatic rings. The molecule has 3 saturated heterocycles. The van der Waals surface area contributed by atoms with Crippen molar-refractivity contribution in [3.63, 3.8) is 0 Å². The maximum absolute atomic E-state index is 11.7. The molecule has 2 aliphatic carbocycles. The first-order valence-corrected chi connectivity index (χ1v) is 15.8. The average Bonchev–Trinajstić information content (AvgIpc) is 3.21. The van der Waals surface area contributed by atoms with Gasteiger partial charge in [-0.05, 0) is 88.3 Å². The average molecular weight is 519 g/mol. The molecule has 6 nitrogen and oxygen atoms in total. The largest absolute Gasteiger partial charge is 0.480 e. The maximum Gasteiger partial charge on any atom is 0.317 e. The molecule has 6 heteroatoms. The van der Waals surface area contributed by atoms with Gasteiger partial charge in [-0.25, -0.2) is 4.98 Å². The Balaban J connectivity index is 1.20. The summed E-state index contributed by atoms with van der Waals surface area (Å²) < 4.78 is 2.60. The maximum atomic E-state index is 11.7. The van der Waals surface area contributed by atoms with E-state index in [-0.39, 0.29) is 12.6 Å². The highest BCUT2D eigenvalue weighted by Crippen LogP contribution is 2.48. The van der Waals surface area contributed by atoms with Crippen LogP contribution in [0.15, 0.2) is 24.3 Å². The van der Waals surface area contributed by atoms with Crippen molar-refractivity contribution < 1.29 is 9.90 Å². The Morgan fingerprint density at radius 2 is 1.50 bits per heavy atom. The lowest BCUT2D eigenvalue weighted by atomic mass is 9.73. The van der Waals surface area contributed by atoms with E-state index < -0.39 is 5.97 Å². The summed E-state index contributed by atoms with van der Waals surface area (Å²) in [5, 5.41) is 9.65. The van der Waals surface area contributed by atoms with Crippen molar-refractivity contribution in [3.8, 4) is 0 Å². The minimum absolute atomic E-state index is 0.103. The zero-order valence-corrected chi connectivity index (χ0v) is 23.0. The number of hydrogen-bond acceptors (Lipinski definition) is 4. The third kappa shape index (κ3) is 4.70. The van der Waals surface area contributed by atoms with Gasteiger partial charge in [0.2, 0.25) is 0 Å². The lowest BCUT2D eigenvalue weighted by Crippen LogP contribution is -2.58. The number of aromatic nitrogens is 2. The summed E-state index contributed by atoms with van der Waals surface area (Å²) >= 11 is 0. The number of imidazole rings is 1. The van der Waals surface area contributed by atoms with Gasteiger partial charge in [-0.3, -0.25) is 14.6 Å². The zero-order chi connectivity index (χ0) is 25.6. The highest BCUT2D eigenvalue weighted by Gasteiger charge is 2.45. The van der Waals surface area contributed by atoms with Gasteiger partial charge in [0.15, 0.2) is 0 Å². The van der Waals surface area contributed by atoms with Gasteiger partial charge < -0.3 is 9.67 Å². The Morgan fingerprint density at radius 3 is 2.24 bits per heavy atom. The van der Waals surface area contributed by atoms with Crippen LogP contribution >= 0.6 is 0 Å². The molecule has 1 aromatic heterocycles. The van der Waals surface area contributed by atoms with E-state index in [4.69, 9.17) is 4.98 Å². The van der Waals surface area contributed by atoms with Crippen molar-refractivity contribution in [2.45, 2.75) is 127 Å². The Hall–Kier alpha value is -1.92. The lowest BCUT2D eigenvalue weighted by Gasteiger charge is -2.55. The third-order valence-corrected chi connectivity index (χ3v) is 11.0. The van der Waals surface area contributed by atoms with Crippen LogP contribution in [0.5, 0.6) is 0 Å². The predicted molar refractivity (Wildman–Crippen MR) is 150 cm³/mol. The summed E-state index contributed by atoms with van der Waals surface area (Å²) in [6.07, 6.45) is 20.0. The van der Waals surface area contributed by atoms with Crippen molar-refractivity contribution in [3.05, 3.63) is 30.1 Å². The summed E-state index contributed by atoms with van der Waals surface area (Å²) in [5.41, 5.74) is 2.33. The highest BCUT2D eigenvalue weighted by molar-refractivity contribution is 5.76. The molecule has 0 radical (unpaired) electrons. The second kappa shape index (κ2) is 10.6. The second-order valence-electron chi connectivity index (χ2n) is 13.4. The number of fused-ring (bicyclic) bond motifs is 5. The van der Waals surface area contributed by atoms with Gasteiger partial charge in [0.25, 0.3) is 0 Å². The Bertz CT molecular complexity index is 1120. The minimum Gasteiger partial charge on any atom is -0.480 e. The van der Waals surface area contributed by atoms with Gasteiger partial charge in [-0.1, -0.05) is 50.7 Å². The van der Waals surface area contributed by atoms with Crippen LogP contribution in [0.3, 0.4) is 0 Å². The molecule has 0 spiro atoms. The number of nitrogens with zero attached hydrogens (tertiary/aromatic N) is 4. The number of piperidine rings is 3. The normalized spacial score (nSPS) is 36.7. The van der Waals surface area contributed by atoms with E-state index in [1.54, 1.807) is 0 Å². The number of carboxylic acids is 1. The van der Waals surface area contributed by atoms with Crippen molar-refractivity contribution in [1.29, 1.82) is 0 Å². The monoisotopic (exact) mass is 518 g/mol. The predicted octanol–water partition coefficient (Wildman–Crippen LogP) is 6.56. The third-order valence-electron chi connectivity index (χ3n) is 11.0. The summed E-state index contributed by atoms with van der Waals surface area (Å²) in [6.45, 7) is 0.968. The lowest BCUT2D eigenvalue weighted by molar-refractivity contribution is -0.139. The van der Waals surface area contributed by atoms with Crippen LogP contribution in [0.2, 0.25) is 0 Å². The van der Waals surface area contributed by atoms with E-state index in [1.165, 1.54) is 82.6 Å².